The van der Waals surface area contributed by atoms with Crippen molar-refractivity contribution in [2.75, 3.05) is 30.0 Å². The molecule has 0 bridgehead atoms. The van der Waals surface area contributed by atoms with Crippen molar-refractivity contribution in [2.24, 2.45) is 0 Å². The quantitative estimate of drug-likeness (QED) is 0.803. The molecule has 118 valence electrons. The summed E-state index contributed by atoms with van der Waals surface area (Å²) in [7, 11) is 0. The van der Waals surface area contributed by atoms with Gasteiger partial charge in [0.2, 0.25) is 5.95 Å². The molecule has 0 saturated heterocycles. The van der Waals surface area contributed by atoms with E-state index in [2.05, 4.69) is 20.6 Å². The molecule has 1 aromatic heterocycles. The molecule has 0 amide bonds. The molecule has 2 rings (SSSR count). The Labute approximate surface area is 126 Å². The molecule has 8 heteroatoms. The third-order valence-electron chi connectivity index (χ3n) is 3.38. The minimum Gasteiger partial charge on any atom is -0.368 e. The Morgan fingerprint density at radius 1 is 1.29 bits per heavy atom. The van der Waals surface area contributed by atoms with Crippen molar-refractivity contribution >= 4 is 23.5 Å². The van der Waals surface area contributed by atoms with Gasteiger partial charge in [0.05, 0.1) is 0 Å². The Bertz CT molecular complexity index is 489. The lowest BCUT2D eigenvalue weighted by molar-refractivity contribution is -0.141. The van der Waals surface area contributed by atoms with Gasteiger partial charge in [0.1, 0.15) is 5.82 Å². The smallest absolute Gasteiger partial charge is 0.368 e. The maximum Gasteiger partial charge on any atom is 0.433 e. The Hall–Kier alpha value is -1.18. The van der Waals surface area contributed by atoms with E-state index in [1.165, 1.54) is 0 Å². The average Bonchev–Trinajstić information content (AvgIpc) is 3.22. The summed E-state index contributed by atoms with van der Waals surface area (Å²) in [5.41, 5.74) is -0.924. The van der Waals surface area contributed by atoms with Crippen molar-refractivity contribution in [3.05, 3.63) is 11.8 Å². The van der Waals surface area contributed by atoms with Crippen LogP contribution in [0.5, 0.6) is 0 Å². The second-order valence-electron chi connectivity index (χ2n) is 5.13. The molecule has 0 aromatic carbocycles. The van der Waals surface area contributed by atoms with Crippen LogP contribution in [-0.4, -0.2) is 34.1 Å². The predicted octanol–water partition coefficient (Wildman–Crippen LogP) is 3.62. The van der Waals surface area contributed by atoms with E-state index in [4.69, 9.17) is 0 Å². The molecule has 0 unspecified atom stereocenters. The maximum atomic E-state index is 12.9. The van der Waals surface area contributed by atoms with Crippen LogP contribution in [-0.2, 0) is 6.18 Å². The summed E-state index contributed by atoms with van der Waals surface area (Å²) in [6.45, 7) is 3.08. The lowest BCUT2D eigenvalue weighted by Gasteiger charge is -2.16. The topological polar surface area (TPSA) is 49.8 Å². The summed E-state index contributed by atoms with van der Waals surface area (Å²) in [5, 5.41) is 5.82. The predicted molar refractivity (Wildman–Crippen MR) is 79.8 cm³/mol. The molecule has 0 radical (unpaired) electrons. The maximum absolute atomic E-state index is 12.9. The van der Waals surface area contributed by atoms with Crippen LogP contribution in [0.4, 0.5) is 24.9 Å². The number of rotatable bonds is 7. The van der Waals surface area contributed by atoms with Crippen LogP contribution < -0.4 is 10.6 Å². The summed E-state index contributed by atoms with van der Waals surface area (Å²) in [6.07, 6.45) is 0.499. The molecule has 21 heavy (non-hydrogen) atoms. The Morgan fingerprint density at radius 2 is 2.00 bits per heavy atom. The lowest BCUT2D eigenvalue weighted by Crippen LogP contribution is -2.20. The van der Waals surface area contributed by atoms with Gasteiger partial charge in [-0.1, -0.05) is 6.92 Å². The fourth-order valence-corrected chi connectivity index (χ4v) is 2.57. The van der Waals surface area contributed by atoms with Gasteiger partial charge in [0.15, 0.2) is 5.69 Å². The molecule has 0 spiro atoms. The van der Waals surface area contributed by atoms with Crippen LogP contribution in [0, 0.1) is 0 Å². The standard InChI is InChI=1S/C13H19F3N4S/c1-3-6-17-11-19-9(13(14,15)16)7-10(20-11)18-8-12(21-2)4-5-12/h7H,3-6,8H2,1-2H3,(H2,17,18,19,20). The van der Waals surface area contributed by atoms with Crippen molar-refractivity contribution in [2.45, 2.75) is 37.1 Å². The number of nitrogens with zero attached hydrogens (tertiary/aromatic N) is 2. The van der Waals surface area contributed by atoms with Crippen molar-refractivity contribution in [3.8, 4) is 0 Å². The van der Waals surface area contributed by atoms with Gasteiger partial charge in [-0.15, -0.1) is 0 Å². The van der Waals surface area contributed by atoms with Gasteiger partial charge in [0, 0.05) is 23.9 Å². The van der Waals surface area contributed by atoms with E-state index in [-0.39, 0.29) is 16.5 Å². The summed E-state index contributed by atoms with van der Waals surface area (Å²) in [4.78, 5) is 7.64. The van der Waals surface area contributed by atoms with E-state index in [9.17, 15) is 13.2 Å². The number of hydrogen-bond acceptors (Lipinski definition) is 5. The second kappa shape index (κ2) is 6.29. The zero-order valence-corrected chi connectivity index (χ0v) is 12.9. The highest BCUT2D eigenvalue weighted by Gasteiger charge is 2.41. The first-order chi connectivity index (χ1) is 9.88. The molecule has 0 aliphatic heterocycles. The number of hydrogen-bond donors (Lipinski definition) is 2. The Morgan fingerprint density at radius 3 is 2.52 bits per heavy atom. The van der Waals surface area contributed by atoms with Crippen LogP contribution >= 0.6 is 11.8 Å². The van der Waals surface area contributed by atoms with Crippen molar-refractivity contribution in [3.63, 3.8) is 0 Å². The summed E-state index contributed by atoms with van der Waals surface area (Å²) in [6, 6.07) is 0.966. The summed E-state index contributed by atoms with van der Waals surface area (Å²) >= 11 is 1.74. The first kappa shape index (κ1) is 16.2. The molecule has 4 nitrogen and oxygen atoms in total. The summed E-state index contributed by atoms with van der Waals surface area (Å²) in [5.74, 6) is 0.236. The number of thioether (sulfide) groups is 1. The molecule has 1 saturated carbocycles. The molecule has 1 aliphatic rings. The number of nitrogens with one attached hydrogen (secondary N) is 2. The normalized spacial score (nSPS) is 16.6. The van der Waals surface area contributed by atoms with Crippen molar-refractivity contribution in [1.29, 1.82) is 0 Å². The molecule has 1 heterocycles. The van der Waals surface area contributed by atoms with E-state index in [0.717, 1.165) is 25.3 Å². The van der Waals surface area contributed by atoms with Gasteiger partial charge >= 0.3 is 6.18 Å². The molecular weight excluding hydrogens is 301 g/mol. The molecule has 1 aliphatic carbocycles. The van der Waals surface area contributed by atoms with Gasteiger partial charge in [-0.3, -0.25) is 0 Å². The number of alkyl halides is 3. The van der Waals surface area contributed by atoms with E-state index < -0.39 is 11.9 Å². The third-order valence-corrected chi connectivity index (χ3v) is 4.80. The highest BCUT2D eigenvalue weighted by Crippen LogP contribution is 2.47. The second-order valence-corrected chi connectivity index (χ2v) is 6.40. The number of halogens is 3. The molecule has 0 atom stereocenters. The zero-order chi connectivity index (χ0) is 15.5. The van der Waals surface area contributed by atoms with Crippen molar-refractivity contribution < 1.29 is 13.2 Å². The fourth-order valence-electron chi connectivity index (χ4n) is 1.84. The van der Waals surface area contributed by atoms with E-state index in [1.807, 2.05) is 13.2 Å². The monoisotopic (exact) mass is 320 g/mol. The first-order valence-corrected chi connectivity index (χ1v) is 8.10. The van der Waals surface area contributed by atoms with Gasteiger partial charge in [-0.05, 0) is 25.5 Å². The van der Waals surface area contributed by atoms with Gasteiger partial charge < -0.3 is 10.6 Å². The zero-order valence-electron chi connectivity index (χ0n) is 12.0. The van der Waals surface area contributed by atoms with Crippen LogP contribution in [0.25, 0.3) is 0 Å². The SMILES string of the molecule is CCCNc1nc(NCC2(SC)CC2)cc(C(F)(F)F)n1. The third kappa shape index (κ3) is 4.39. The highest BCUT2D eigenvalue weighted by atomic mass is 32.2. The average molecular weight is 320 g/mol. The van der Waals surface area contributed by atoms with Gasteiger partial charge in [-0.2, -0.15) is 29.9 Å². The summed E-state index contributed by atoms with van der Waals surface area (Å²) < 4.78 is 38.8. The van der Waals surface area contributed by atoms with E-state index in [1.54, 1.807) is 11.8 Å². The molecule has 1 aromatic rings. The number of anilines is 2. The fraction of sp³-hybridized carbons (Fsp3) is 0.692. The van der Waals surface area contributed by atoms with Crippen LogP contribution in [0.1, 0.15) is 31.9 Å². The molecule has 1 fully saturated rings. The molecular formula is C13H19F3N4S. The van der Waals surface area contributed by atoms with Crippen molar-refractivity contribution in [1.82, 2.24) is 9.97 Å². The molecule has 2 N–H and O–H groups in total. The largest absolute Gasteiger partial charge is 0.433 e. The Balaban J connectivity index is 2.14. The van der Waals surface area contributed by atoms with Gasteiger partial charge in [-0.25, -0.2) is 4.98 Å². The van der Waals surface area contributed by atoms with Crippen LogP contribution in [0.2, 0.25) is 0 Å². The van der Waals surface area contributed by atoms with E-state index >= 15 is 0 Å². The highest BCUT2D eigenvalue weighted by molar-refractivity contribution is 8.00. The first-order valence-electron chi connectivity index (χ1n) is 6.88. The minimum atomic E-state index is -4.47. The van der Waals surface area contributed by atoms with E-state index in [0.29, 0.717) is 13.1 Å². The van der Waals surface area contributed by atoms with Crippen LogP contribution in [0.3, 0.4) is 0 Å². The minimum absolute atomic E-state index is 0.0168. The van der Waals surface area contributed by atoms with Crippen LogP contribution in [0.15, 0.2) is 6.07 Å². The Kier molecular flexibility index (Phi) is 4.85. The number of aromatic nitrogens is 2. The lowest BCUT2D eigenvalue weighted by atomic mass is 10.3. The van der Waals surface area contributed by atoms with Gasteiger partial charge in [0.25, 0.3) is 0 Å².